The molecule has 0 bridgehead atoms. The highest BCUT2D eigenvalue weighted by Crippen LogP contribution is 2.04. The predicted octanol–water partition coefficient (Wildman–Crippen LogP) is 1.92. The molecular weight excluding hydrogens is 162 g/mol. The van der Waals surface area contributed by atoms with Gasteiger partial charge in [-0.1, -0.05) is 6.92 Å². The Morgan fingerprint density at radius 1 is 1.55 bits per heavy atom. The summed E-state index contributed by atoms with van der Waals surface area (Å²) in [4.78, 5) is 11.0. The summed E-state index contributed by atoms with van der Waals surface area (Å²) in [6.45, 7) is 5.80. The van der Waals surface area contributed by atoms with Crippen molar-refractivity contribution in [1.29, 1.82) is 0 Å². The van der Waals surface area contributed by atoms with Gasteiger partial charge in [-0.05, 0) is 20.3 Å². The quantitative estimate of drug-likeness (QED) is 0.654. The van der Waals surface area contributed by atoms with E-state index in [-0.39, 0.29) is 11.4 Å². The smallest absolute Gasteiger partial charge is 0.220 e. The molecule has 0 saturated heterocycles. The van der Waals surface area contributed by atoms with E-state index < -0.39 is 0 Å². The summed E-state index contributed by atoms with van der Waals surface area (Å²) in [7, 11) is 0. The lowest BCUT2D eigenvalue weighted by molar-refractivity contribution is -0.122. The molecule has 0 aromatic carbocycles. The van der Waals surface area contributed by atoms with Gasteiger partial charge in [0.1, 0.15) is 0 Å². The molecule has 0 aromatic rings. The molecule has 0 fully saturated rings. The second-order valence-corrected chi connectivity index (χ2v) is 3.58. The molecular formula is C8H16ClNO. The van der Waals surface area contributed by atoms with Crippen LogP contribution in [0.2, 0.25) is 0 Å². The van der Waals surface area contributed by atoms with Gasteiger partial charge >= 0.3 is 0 Å². The van der Waals surface area contributed by atoms with Crippen LogP contribution in [0.5, 0.6) is 0 Å². The minimum Gasteiger partial charge on any atom is -0.350 e. The zero-order valence-electron chi connectivity index (χ0n) is 7.41. The number of hydrogen-bond acceptors (Lipinski definition) is 1. The highest BCUT2D eigenvalue weighted by Gasteiger charge is 2.17. The van der Waals surface area contributed by atoms with Gasteiger partial charge in [0.15, 0.2) is 0 Å². The van der Waals surface area contributed by atoms with E-state index in [1.54, 1.807) is 0 Å². The monoisotopic (exact) mass is 177 g/mol. The Bertz CT molecular complexity index is 134. The van der Waals surface area contributed by atoms with Gasteiger partial charge in [0.2, 0.25) is 5.91 Å². The zero-order chi connectivity index (χ0) is 8.91. The van der Waals surface area contributed by atoms with Crippen LogP contribution in [-0.2, 0) is 4.79 Å². The first-order valence-corrected chi connectivity index (χ1v) is 4.42. The summed E-state index contributed by atoms with van der Waals surface area (Å²) >= 11 is 5.62. The number of halogens is 1. The molecule has 2 nitrogen and oxygen atoms in total. The molecule has 0 atom stereocenters. The Hall–Kier alpha value is -0.240. The van der Waals surface area contributed by atoms with Crippen molar-refractivity contribution in [3.8, 4) is 0 Å². The highest BCUT2D eigenvalue weighted by atomic mass is 35.5. The van der Waals surface area contributed by atoms with Crippen molar-refractivity contribution in [3.05, 3.63) is 0 Å². The first kappa shape index (κ1) is 10.8. The molecule has 0 aliphatic rings. The molecule has 1 amide bonds. The second-order valence-electron chi connectivity index (χ2n) is 3.32. The SMILES string of the molecule is CCCC(=O)NC(C)(C)CCl. The maximum atomic E-state index is 11.0. The molecule has 0 spiro atoms. The third-order valence-corrected chi connectivity index (χ3v) is 1.96. The van der Waals surface area contributed by atoms with Crippen LogP contribution in [0.3, 0.4) is 0 Å². The largest absolute Gasteiger partial charge is 0.350 e. The fraction of sp³-hybridized carbons (Fsp3) is 0.875. The van der Waals surface area contributed by atoms with Crippen LogP contribution in [0.1, 0.15) is 33.6 Å². The number of alkyl halides is 1. The first-order chi connectivity index (χ1) is 5.02. The average molecular weight is 178 g/mol. The van der Waals surface area contributed by atoms with Gasteiger partial charge in [0.25, 0.3) is 0 Å². The van der Waals surface area contributed by atoms with Crippen molar-refractivity contribution >= 4 is 17.5 Å². The molecule has 66 valence electrons. The van der Waals surface area contributed by atoms with Crippen molar-refractivity contribution in [1.82, 2.24) is 5.32 Å². The van der Waals surface area contributed by atoms with E-state index in [0.29, 0.717) is 12.3 Å². The first-order valence-electron chi connectivity index (χ1n) is 3.89. The number of nitrogens with one attached hydrogen (secondary N) is 1. The minimum atomic E-state index is -0.270. The van der Waals surface area contributed by atoms with Crippen molar-refractivity contribution in [2.45, 2.75) is 39.2 Å². The summed E-state index contributed by atoms with van der Waals surface area (Å²) in [6, 6.07) is 0. The van der Waals surface area contributed by atoms with Gasteiger partial charge < -0.3 is 5.32 Å². The fourth-order valence-corrected chi connectivity index (χ4v) is 0.767. The Morgan fingerprint density at radius 3 is 2.45 bits per heavy atom. The lowest BCUT2D eigenvalue weighted by Crippen LogP contribution is -2.44. The topological polar surface area (TPSA) is 29.1 Å². The van der Waals surface area contributed by atoms with Gasteiger partial charge in [-0.3, -0.25) is 4.79 Å². The Kier molecular flexibility index (Phi) is 4.50. The van der Waals surface area contributed by atoms with E-state index in [2.05, 4.69) is 5.32 Å². The zero-order valence-corrected chi connectivity index (χ0v) is 8.16. The molecule has 0 rings (SSSR count). The Balaban J connectivity index is 3.74. The molecule has 0 saturated carbocycles. The lowest BCUT2D eigenvalue weighted by Gasteiger charge is -2.22. The van der Waals surface area contributed by atoms with E-state index in [1.165, 1.54) is 0 Å². The van der Waals surface area contributed by atoms with Crippen molar-refractivity contribution in [2.24, 2.45) is 0 Å². The number of hydrogen-bond donors (Lipinski definition) is 1. The van der Waals surface area contributed by atoms with Crippen molar-refractivity contribution in [2.75, 3.05) is 5.88 Å². The van der Waals surface area contributed by atoms with E-state index in [4.69, 9.17) is 11.6 Å². The van der Waals surface area contributed by atoms with E-state index >= 15 is 0 Å². The van der Waals surface area contributed by atoms with Crippen LogP contribution in [-0.4, -0.2) is 17.3 Å². The van der Waals surface area contributed by atoms with Crippen LogP contribution in [0.15, 0.2) is 0 Å². The molecule has 0 aliphatic heterocycles. The van der Waals surface area contributed by atoms with Crippen LogP contribution < -0.4 is 5.32 Å². The third kappa shape index (κ3) is 5.08. The molecule has 3 heteroatoms. The average Bonchev–Trinajstić information content (AvgIpc) is 1.87. The standard InChI is InChI=1S/C8H16ClNO/c1-4-5-7(11)10-8(2,3)6-9/h4-6H2,1-3H3,(H,10,11). The summed E-state index contributed by atoms with van der Waals surface area (Å²) in [6.07, 6.45) is 1.46. The summed E-state index contributed by atoms with van der Waals surface area (Å²) in [5.41, 5.74) is -0.270. The Labute approximate surface area is 73.3 Å². The molecule has 0 radical (unpaired) electrons. The summed E-state index contributed by atoms with van der Waals surface area (Å²) in [5.74, 6) is 0.528. The van der Waals surface area contributed by atoms with E-state index in [1.807, 2.05) is 20.8 Å². The molecule has 0 heterocycles. The van der Waals surface area contributed by atoms with E-state index in [9.17, 15) is 4.79 Å². The van der Waals surface area contributed by atoms with Crippen molar-refractivity contribution < 1.29 is 4.79 Å². The predicted molar refractivity (Wildman–Crippen MR) is 47.8 cm³/mol. The molecule has 0 unspecified atom stereocenters. The van der Waals surface area contributed by atoms with Gasteiger partial charge in [0, 0.05) is 17.8 Å². The number of amides is 1. The van der Waals surface area contributed by atoms with Gasteiger partial charge in [0.05, 0.1) is 0 Å². The van der Waals surface area contributed by atoms with Gasteiger partial charge in [-0.2, -0.15) is 0 Å². The maximum Gasteiger partial charge on any atom is 0.220 e. The minimum absolute atomic E-state index is 0.0816. The van der Waals surface area contributed by atoms with Gasteiger partial charge in [-0.15, -0.1) is 11.6 Å². The Morgan fingerprint density at radius 2 is 2.09 bits per heavy atom. The molecule has 0 aromatic heterocycles. The summed E-state index contributed by atoms with van der Waals surface area (Å²) in [5, 5.41) is 2.84. The fourth-order valence-electron chi connectivity index (χ4n) is 0.700. The van der Waals surface area contributed by atoms with Crippen LogP contribution >= 0.6 is 11.6 Å². The number of carbonyl (C=O) groups excluding carboxylic acids is 1. The van der Waals surface area contributed by atoms with Crippen LogP contribution in [0.25, 0.3) is 0 Å². The van der Waals surface area contributed by atoms with Crippen LogP contribution in [0.4, 0.5) is 0 Å². The normalized spacial score (nSPS) is 11.3. The second kappa shape index (κ2) is 4.60. The third-order valence-electron chi connectivity index (χ3n) is 1.29. The molecule has 11 heavy (non-hydrogen) atoms. The maximum absolute atomic E-state index is 11.0. The number of carbonyl (C=O) groups is 1. The molecule has 0 aliphatic carbocycles. The highest BCUT2D eigenvalue weighted by molar-refractivity contribution is 6.18. The lowest BCUT2D eigenvalue weighted by atomic mass is 10.1. The van der Waals surface area contributed by atoms with Crippen LogP contribution in [0, 0.1) is 0 Å². The van der Waals surface area contributed by atoms with Crippen molar-refractivity contribution in [3.63, 3.8) is 0 Å². The number of rotatable bonds is 4. The van der Waals surface area contributed by atoms with E-state index in [0.717, 1.165) is 6.42 Å². The van der Waals surface area contributed by atoms with Gasteiger partial charge in [-0.25, -0.2) is 0 Å². The molecule has 1 N–H and O–H groups in total. The summed E-state index contributed by atoms with van der Waals surface area (Å²) < 4.78 is 0.